The molecule has 3 rings (SSSR count). The minimum atomic E-state index is 0.00180. The highest BCUT2D eigenvalue weighted by atomic mass is 16.2. The first-order valence-electron chi connectivity index (χ1n) is 8.92. The Morgan fingerprint density at radius 3 is 2.20 bits per heavy atom. The summed E-state index contributed by atoms with van der Waals surface area (Å²) >= 11 is 0. The predicted molar refractivity (Wildman–Crippen MR) is 103 cm³/mol. The Kier molecular flexibility index (Phi) is 5.39. The first-order chi connectivity index (χ1) is 12.0. The number of aryl methyl sites for hydroxylation is 3. The summed E-state index contributed by atoms with van der Waals surface area (Å²) in [5.41, 5.74) is 5.83. The van der Waals surface area contributed by atoms with E-state index in [4.69, 9.17) is 0 Å². The molecule has 0 radical (unpaired) electrons. The summed E-state index contributed by atoms with van der Waals surface area (Å²) in [5.74, 6) is 0. The number of nitrogens with zero attached hydrogens (tertiary/aromatic N) is 2. The van der Waals surface area contributed by atoms with Crippen LogP contribution in [0, 0.1) is 20.8 Å². The molecule has 1 aliphatic heterocycles. The van der Waals surface area contributed by atoms with Crippen molar-refractivity contribution in [2.45, 2.75) is 27.3 Å². The fourth-order valence-corrected chi connectivity index (χ4v) is 3.21. The molecule has 4 heteroatoms. The third-order valence-electron chi connectivity index (χ3n) is 4.81. The number of piperazine rings is 1. The van der Waals surface area contributed by atoms with E-state index in [0.717, 1.165) is 44.0 Å². The molecule has 2 aromatic rings. The monoisotopic (exact) mass is 337 g/mol. The topological polar surface area (TPSA) is 35.6 Å². The number of rotatable bonds is 3. The van der Waals surface area contributed by atoms with Gasteiger partial charge in [0.2, 0.25) is 0 Å². The third-order valence-corrected chi connectivity index (χ3v) is 4.81. The Morgan fingerprint density at radius 1 is 0.920 bits per heavy atom. The molecule has 1 fully saturated rings. The first-order valence-corrected chi connectivity index (χ1v) is 8.92. The van der Waals surface area contributed by atoms with Crippen LogP contribution < -0.4 is 5.32 Å². The second-order valence-corrected chi connectivity index (χ2v) is 7.00. The van der Waals surface area contributed by atoms with Gasteiger partial charge < -0.3 is 10.2 Å². The van der Waals surface area contributed by atoms with Gasteiger partial charge in [-0.05, 0) is 38.0 Å². The van der Waals surface area contributed by atoms with Crippen molar-refractivity contribution in [3.05, 3.63) is 64.7 Å². The van der Waals surface area contributed by atoms with Crippen LogP contribution in [-0.4, -0.2) is 42.0 Å². The van der Waals surface area contributed by atoms with Crippen LogP contribution in [0.2, 0.25) is 0 Å². The molecule has 1 aliphatic rings. The van der Waals surface area contributed by atoms with Gasteiger partial charge in [-0.1, -0.05) is 47.5 Å². The standard InChI is InChI=1S/C21H27N3O/c1-16-4-7-19(8-5-16)15-23-10-12-24(13-11-23)21(25)22-20-9-6-17(2)14-18(20)3/h4-9,14H,10-13,15H2,1-3H3,(H,22,25). The summed E-state index contributed by atoms with van der Waals surface area (Å²) in [6.45, 7) is 10.5. The summed E-state index contributed by atoms with van der Waals surface area (Å²) < 4.78 is 0. The van der Waals surface area contributed by atoms with E-state index >= 15 is 0 Å². The van der Waals surface area contributed by atoms with E-state index in [1.54, 1.807) is 0 Å². The van der Waals surface area contributed by atoms with Gasteiger partial charge >= 0.3 is 6.03 Å². The molecule has 0 spiro atoms. The summed E-state index contributed by atoms with van der Waals surface area (Å²) in [6.07, 6.45) is 0. The van der Waals surface area contributed by atoms with E-state index in [1.165, 1.54) is 16.7 Å². The number of hydrogen-bond donors (Lipinski definition) is 1. The van der Waals surface area contributed by atoms with Gasteiger partial charge in [0.15, 0.2) is 0 Å². The first kappa shape index (κ1) is 17.5. The molecule has 132 valence electrons. The van der Waals surface area contributed by atoms with Crippen molar-refractivity contribution in [3.8, 4) is 0 Å². The van der Waals surface area contributed by atoms with Crippen LogP contribution in [0.15, 0.2) is 42.5 Å². The molecular weight excluding hydrogens is 310 g/mol. The molecule has 0 aromatic heterocycles. The SMILES string of the molecule is Cc1ccc(CN2CCN(C(=O)Nc3ccc(C)cc3C)CC2)cc1. The van der Waals surface area contributed by atoms with Gasteiger partial charge in [0.05, 0.1) is 0 Å². The summed E-state index contributed by atoms with van der Waals surface area (Å²) in [5, 5.41) is 3.05. The zero-order valence-corrected chi connectivity index (χ0v) is 15.4. The third kappa shape index (κ3) is 4.60. The van der Waals surface area contributed by atoms with Crippen LogP contribution in [0.5, 0.6) is 0 Å². The van der Waals surface area contributed by atoms with Crippen LogP contribution in [0.1, 0.15) is 22.3 Å². The largest absolute Gasteiger partial charge is 0.322 e. The van der Waals surface area contributed by atoms with E-state index in [2.05, 4.69) is 54.4 Å². The van der Waals surface area contributed by atoms with E-state index < -0.39 is 0 Å². The van der Waals surface area contributed by atoms with Gasteiger partial charge in [0.1, 0.15) is 0 Å². The second-order valence-electron chi connectivity index (χ2n) is 7.00. The maximum atomic E-state index is 12.5. The lowest BCUT2D eigenvalue weighted by Crippen LogP contribution is -2.49. The summed E-state index contributed by atoms with van der Waals surface area (Å²) in [7, 11) is 0. The molecule has 0 saturated carbocycles. The zero-order chi connectivity index (χ0) is 17.8. The van der Waals surface area contributed by atoms with Crippen LogP contribution in [0.4, 0.5) is 10.5 Å². The summed E-state index contributed by atoms with van der Waals surface area (Å²) in [4.78, 5) is 16.8. The molecule has 4 nitrogen and oxygen atoms in total. The van der Waals surface area contributed by atoms with E-state index in [9.17, 15) is 4.79 Å². The second kappa shape index (κ2) is 7.70. The van der Waals surface area contributed by atoms with Crippen molar-refractivity contribution in [1.29, 1.82) is 0 Å². The lowest BCUT2D eigenvalue weighted by atomic mass is 10.1. The van der Waals surface area contributed by atoms with Crippen LogP contribution in [0.3, 0.4) is 0 Å². The van der Waals surface area contributed by atoms with E-state index in [-0.39, 0.29) is 6.03 Å². The van der Waals surface area contributed by atoms with Crippen LogP contribution >= 0.6 is 0 Å². The highest BCUT2D eigenvalue weighted by molar-refractivity contribution is 5.90. The van der Waals surface area contributed by atoms with Gasteiger partial charge in [-0.3, -0.25) is 4.90 Å². The molecule has 2 amide bonds. The Balaban J connectivity index is 1.51. The highest BCUT2D eigenvalue weighted by Gasteiger charge is 2.21. The Morgan fingerprint density at radius 2 is 1.56 bits per heavy atom. The fraction of sp³-hybridized carbons (Fsp3) is 0.381. The quantitative estimate of drug-likeness (QED) is 0.920. The maximum Gasteiger partial charge on any atom is 0.321 e. The van der Waals surface area contributed by atoms with Crippen molar-refractivity contribution in [2.24, 2.45) is 0 Å². The van der Waals surface area contributed by atoms with Gasteiger partial charge in [-0.15, -0.1) is 0 Å². The molecule has 25 heavy (non-hydrogen) atoms. The molecular formula is C21H27N3O. The Bertz CT molecular complexity index is 731. The maximum absolute atomic E-state index is 12.5. The average molecular weight is 337 g/mol. The van der Waals surface area contributed by atoms with Crippen molar-refractivity contribution < 1.29 is 4.79 Å². The minimum Gasteiger partial charge on any atom is -0.322 e. The van der Waals surface area contributed by atoms with Crippen molar-refractivity contribution in [2.75, 3.05) is 31.5 Å². The van der Waals surface area contributed by atoms with Crippen LogP contribution in [-0.2, 0) is 6.54 Å². The van der Waals surface area contributed by atoms with E-state index in [0.29, 0.717) is 0 Å². The van der Waals surface area contributed by atoms with E-state index in [1.807, 2.05) is 24.0 Å². The van der Waals surface area contributed by atoms with Gasteiger partial charge in [-0.25, -0.2) is 4.79 Å². The molecule has 0 bridgehead atoms. The van der Waals surface area contributed by atoms with Gasteiger partial charge in [-0.2, -0.15) is 0 Å². The molecule has 1 saturated heterocycles. The fourth-order valence-electron chi connectivity index (χ4n) is 3.21. The molecule has 0 unspecified atom stereocenters. The minimum absolute atomic E-state index is 0.00180. The number of carbonyl (C=O) groups is 1. The number of benzene rings is 2. The number of anilines is 1. The molecule has 1 N–H and O–H groups in total. The molecule has 1 heterocycles. The van der Waals surface area contributed by atoms with Crippen molar-refractivity contribution >= 4 is 11.7 Å². The number of hydrogen-bond acceptors (Lipinski definition) is 2. The number of amides is 2. The van der Waals surface area contributed by atoms with Crippen LogP contribution in [0.25, 0.3) is 0 Å². The Hall–Kier alpha value is -2.33. The average Bonchev–Trinajstić information content (AvgIpc) is 2.60. The highest BCUT2D eigenvalue weighted by Crippen LogP contribution is 2.17. The van der Waals surface area contributed by atoms with Crippen molar-refractivity contribution in [3.63, 3.8) is 0 Å². The number of urea groups is 1. The van der Waals surface area contributed by atoms with Gasteiger partial charge in [0.25, 0.3) is 0 Å². The van der Waals surface area contributed by atoms with Gasteiger partial charge in [0, 0.05) is 38.4 Å². The smallest absolute Gasteiger partial charge is 0.321 e. The molecule has 0 aliphatic carbocycles. The lowest BCUT2D eigenvalue weighted by Gasteiger charge is -2.34. The summed E-state index contributed by atoms with van der Waals surface area (Å²) in [6, 6.07) is 14.8. The normalized spacial score (nSPS) is 15.2. The molecule has 0 atom stereocenters. The Labute approximate surface area is 150 Å². The van der Waals surface area contributed by atoms with Crippen molar-refractivity contribution in [1.82, 2.24) is 9.80 Å². The predicted octanol–water partition coefficient (Wildman–Crippen LogP) is 3.96. The zero-order valence-electron chi connectivity index (χ0n) is 15.4. The lowest BCUT2D eigenvalue weighted by molar-refractivity contribution is 0.143. The molecule has 2 aromatic carbocycles. The number of nitrogens with one attached hydrogen (secondary N) is 1. The number of carbonyl (C=O) groups excluding carboxylic acids is 1.